The lowest BCUT2D eigenvalue weighted by Crippen LogP contribution is -2.51. The highest BCUT2D eigenvalue weighted by atomic mass is 16.5. The van der Waals surface area contributed by atoms with Gasteiger partial charge in [0.1, 0.15) is 0 Å². The van der Waals surface area contributed by atoms with Gasteiger partial charge in [0.15, 0.2) is 6.61 Å². The first kappa shape index (κ1) is 11.7. The van der Waals surface area contributed by atoms with Crippen molar-refractivity contribution in [3.63, 3.8) is 0 Å². The SMILES string of the molecule is CC(=O)OCC(=O)N1CC2CC1CN2C(=O)O. The first-order valence-electron chi connectivity index (χ1n) is 5.41. The van der Waals surface area contributed by atoms with Gasteiger partial charge < -0.3 is 19.6 Å². The molecule has 0 aliphatic carbocycles. The van der Waals surface area contributed by atoms with Crippen LogP contribution in [0.15, 0.2) is 0 Å². The van der Waals surface area contributed by atoms with Crippen LogP contribution < -0.4 is 0 Å². The maximum absolute atomic E-state index is 11.7. The second kappa shape index (κ2) is 4.23. The Morgan fingerprint density at radius 3 is 2.29 bits per heavy atom. The molecule has 2 aliphatic heterocycles. The second-order valence-corrected chi connectivity index (χ2v) is 4.30. The van der Waals surface area contributed by atoms with Crippen LogP contribution in [0.4, 0.5) is 4.79 Å². The molecule has 1 N–H and O–H groups in total. The molecule has 0 aromatic carbocycles. The second-order valence-electron chi connectivity index (χ2n) is 4.30. The highest BCUT2D eigenvalue weighted by Crippen LogP contribution is 2.30. The van der Waals surface area contributed by atoms with E-state index in [4.69, 9.17) is 5.11 Å². The number of piperazine rings is 1. The van der Waals surface area contributed by atoms with Crippen molar-refractivity contribution in [1.29, 1.82) is 0 Å². The van der Waals surface area contributed by atoms with Crippen LogP contribution in [-0.4, -0.2) is 64.7 Å². The molecule has 2 atom stereocenters. The van der Waals surface area contributed by atoms with Crippen LogP contribution in [-0.2, 0) is 14.3 Å². The molecule has 0 spiro atoms. The van der Waals surface area contributed by atoms with E-state index in [0.717, 1.165) is 0 Å². The van der Waals surface area contributed by atoms with Gasteiger partial charge in [-0.05, 0) is 6.42 Å². The lowest BCUT2D eigenvalue weighted by Gasteiger charge is -2.32. The van der Waals surface area contributed by atoms with Gasteiger partial charge in [-0.15, -0.1) is 0 Å². The molecule has 7 heteroatoms. The molecular weight excluding hydrogens is 228 g/mol. The number of carboxylic acid groups (broad SMARTS) is 1. The van der Waals surface area contributed by atoms with Crippen molar-refractivity contribution in [1.82, 2.24) is 9.80 Å². The van der Waals surface area contributed by atoms with E-state index < -0.39 is 12.1 Å². The minimum absolute atomic E-state index is 0.0702. The number of likely N-dealkylation sites (tertiary alicyclic amines) is 2. The highest BCUT2D eigenvalue weighted by Gasteiger charge is 2.47. The van der Waals surface area contributed by atoms with Crippen LogP contribution in [0.25, 0.3) is 0 Å². The number of hydrogen-bond donors (Lipinski definition) is 1. The Bertz CT molecular complexity index is 370. The molecule has 0 radical (unpaired) electrons. The van der Waals surface area contributed by atoms with Gasteiger partial charge in [0.25, 0.3) is 5.91 Å². The fourth-order valence-electron chi connectivity index (χ4n) is 2.45. The number of carbonyl (C=O) groups is 3. The molecule has 2 saturated heterocycles. The molecule has 2 heterocycles. The zero-order chi connectivity index (χ0) is 12.6. The number of carbonyl (C=O) groups excluding carboxylic acids is 2. The van der Waals surface area contributed by atoms with E-state index >= 15 is 0 Å². The number of amides is 2. The van der Waals surface area contributed by atoms with E-state index in [1.54, 1.807) is 4.90 Å². The van der Waals surface area contributed by atoms with Crippen molar-refractivity contribution in [3.05, 3.63) is 0 Å². The molecular formula is C10H14N2O5. The van der Waals surface area contributed by atoms with Gasteiger partial charge in [0, 0.05) is 20.0 Å². The van der Waals surface area contributed by atoms with Gasteiger partial charge in [-0.2, -0.15) is 0 Å². The van der Waals surface area contributed by atoms with Crippen LogP contribution in [0.2, 0.25) is 0 Å². The van der Waals surface area contributed by atoms with Crippen LogP contribution in [0, 0.1) is 0 Å². The number of hydrogen-bond acceptors (Lipinski definition) is 4. The first-order chi connectivity index (χ1) is 7.99. The number of rotatable bonds is 2. The number of esters is 1. The predicted octanol–water partition coefficient (Wildman–Crippen LogP) is -0.487. The van der Waals surface area contributed by atoms with E-state index in [1.807, 2.05) is 0 Å². The molecule has 7 nitrogen and oxygen atoms in total. The summed E-state index contributed by atoms with van der Waals surface area (Å²) in [5, 5.41) is 8.89. The van der Waals surface area contributed by atoms with E-state index in [1.165, 1.54) is 11.8 Å². The summed E-state index contributed by atoms with van der Waals surface area (Å²) in [7, 11) is 0. The van der Waals surface area contributed by atoms with Gasteiger partial charge in [0.2, 0.25) is 0 Å². The van der Waals surface area contributed by atoms with Crippen molar-refractivity contribution in [2.75, 3.05) is 19.7 Å². The van der Waals surface area contributed by atoms with Gasteiger partial charge in [-0.25, -0.2) is 4.79 Å². The maximum Gasteiger partial charge on any atom is 0.407 e. The summed E-state index contributed by atoms with van der Waals surface area (Å²) in [6, 6.07) is -0.182. The average molecular weight is 242 g/mol. The lowest BCUT2D eigenvalue weighted by molar-refractivity contribution is -0.151. The Morgan fingerprint density at radius 2 is 1.82 bits per heavy atom. The van der Waals surface area contributed by atoms with E-state index in [9.17, 15) is 14.4 Å². The molecule has 2 unspecified atom stereocenters. The topological polar surface area (TPSA) is 87.2 Å². The van der Waals surface area contributed by atoms with Gasteiger partial charge >= 0.3 is 12.1 Å². The first-order valence-corrected chi connectivity index (χ1v) is 5.41. The monoisotopic (exact) mass is 242 g/mol. The Hall–Kier alpha value is -1.79. The molecule has 2 bridgehead atoms. The molecule has 2 aliphatic rings. The molecule has 0 aromatic heterocycles. The van der Waals surface area contributed by atoms with Gasteiger partial charge in [-0.3, -0.25) is 9.59 Å². The minimum atomic E-state index is -0.940. The van der Waals surface area contributed by atoms with Crippen molar-refractivity contribution < 1.29 is 24.2 Å². The summed E-state index contributed by atoms with van der Waals surface area (Å²) < 4.78 is 4.64. The highest BCUT2D eigenvalue weighted by molar-refractivity contribution is 5.81. The predicted molar refractivity (Wildman–Crippen MR) is 55.3 cm³/mol. The molecule has 0 aromatic rings. The van der Waals surface area contributed by atoms with E-state index in [-0.39, 0.29) is 24.6 Å². The average Bonchev–Trinajstić information content (AvgIpc) is 2.84. The summed E-state index contributed by atoms with van der Waals surface area (Å²) in [6.07, 6.45) is -0.262. The Labute approximate surface area is 97.9 Å². The largest absolute Gasteiger partial charge is 0.465 e. The van der Waals surface area contributed by atoms with Gasteiger partial charge in [-0.1, -0.05) is 0 Å². The van der Waals surface area contributed by atoms with Crippen LogP contribution in [0.3, 0.4) is 0 Å². The summed E-state index contributed by atoms with van der Waals surface area (Å²) in [4.78, 5) is 36.1. The van der Waals surface area contributed by atoms with Crippen molar-refractivity contribution in [2.45, 2.75) is 25.4 Å². The molecule has 0 saturated carbocycles. The van der Waals surface area contributed by atoms with Crippen molar-refractivity contribution in [3.8, 4) is 0 Å². The Balaban J connectivity index is 1.89. The molecule has 2 fully saturated rings. The molecule has 94 valence electrons. The number of nitrogens with zero attached hydrogens (tertiary/aromatic N) is 2. The van der Waals surface area contributed by atoms with E-state index in [0.29, 0.717) is 19.5 Å². The Morgan fingerprint density at radius 1 is 1.24 bits per heavy atom. The summed E-state index contributed by atoms with van der Waals surface area (Å²) in [5.41, 5.74) is 0. The maximum atomic E-state index is 11.7. The lowest BCUT2D eigenvalue weighted by atomic mass is 10.2. The van der Waals surface area contributed by atoms with Crippen molar-refractivity contribution >= 4 is 18.0 Å². The third-order valence-corrected chi connectivity index (χ3v) is 3.21. The molecule has 17 heavy (non-hydrogen) atoms. The summed E-state index contributed by atoms with van der Waals surface area (Å²) >= 11 is 0. The summed E-state index contributed by atoms with van der Waals surface area (Å²) in [5.74, 6) is -0.743. The zero-order valence-electron chi connectivity index (χ0n) is 9.46. The third-order valence-electron chi connectivity index (χ3n) is 3.21. The normalized spacial score (nSPS) is 26.2. The fraction of sp³-hybridized carbons (Fsp3) is 0.700. The quantitative estimate of drug-likeness (QED) is 0.660. The number of ether oxygens (including phenoxy) is 1. The standard InChI is InChI=1S/C10H14N2O5/c1-6(13)17-5-9(14)11-3-8-2-7(11)4-12(8)10(15)16/h7-8H,2-5H2,1H3,(H,15,16). The Kier molecular flexibility index (Phi) is 2.91. The smallest absolute Gasteiger partial charge is 0.407 e. The van der Waals surface area contributed by atoms with Crippen LogP contribution >= 0.6 is 0 Å². The minimum Gasteiger partial charge on any atom is -0.465 e. The molecule has 2 rings (SSSR count). The van der Waals surface area contributed by atoms with Crippen LogP contribution in [0.1, 0.15) is 13.3 Å². The van der Waals surface area contributed by atoms with Gasteiger partial charge in [0.05, 0.1) is 12.1 Å². The zero-order valence-corrected chi connectivity index (χ0v) is 9.46. The van der Waals surface area contributed by atoms with Crippen molar-refractivity contribution in [2.24, 2.45) is 0 Å². The fourth-order valence-corrected chi connectivity index (χ4v) is 2.45. The van der Waals surface area contributed by atoms with Crippen LogP contribution in [0.5, 0.6) is 0 Å². The molecule has 2 amide bonds. The van der Waals surface area contributed by atoms with E-state index in [2.05, 4.69) is 4.74 Å². The summed E-state index contributed by atoms with van der Waals surface area (Å²) in [6.45, 7) is 1.74. The number of fused-ring (bicyclic) bond motifs is 2. The third kappa shape index (κ3) is 2.17.